The fourth-order valence-electron chi connectivity index (χ4n) is 3.56. The van der Waals surface area contributed by atoms with E-state index in [0.717, 1.165) is 10.7 Å². The van der Waals surface area contributed by atoms with Gasteiger partial charge in [0.2, 0.25) is 0 Å². The molecule has 2 aromatic heterocycles. The Bertz CT molecular complexity index is 1530. The number of benzene rings is 1. The van der Waals surface area contributed by atoms with E-state index in [9.17, 15) is 19.6 Å². The van der Waals surface area contributed by atoms with Gasteiger partial charge in [-0.05, 0) is 31.5 Å². The number of carbonyl (C=O) groups is 1. The Labute approximate surface area is 187 Å². The SMILES string of the molecule is [2H]C1([2H])C[C@@](O)(C([2H])([2H])[2H])C([2H])([2H])N1c1ccn(-c2cc(-c3c(F)cccc3C#N)nc3c2C(=O)NC3)n1. The fourth-order valence-corrected chi connectivity index (χ4v) is 3.56. The topological polar surface area (TPSA) is 107 Å². The van der Waals surface area contributed by atoms with E-state index < -0.39 is 43.6 Å². The van der Waals surface area contributed by atoms with Crippen LogP contribution in [0.2, 0.25) is 0 Å². The van der Waals surface area contributed by atoms with Gasteiger partial charge in [0.1, 0.15) is 5.82 Å². The van der Waals surface area contributed by atoms with E-state index >= 15 is 0 Å². The molecule has 0 radical (unpaired) electrons. The molecule has 1 aromatic carbocycles. The van der Waals surface area contributed by atoms with Crippen LogP contribution in [0.5, 0.6) is 0 Å². The van der Waals surface area contributed by atoms with Crippen molar-refractivity contribution in [1.29, 1.82) is 5.26 Å². The van der Waals surface area contributed by atoms with Crippen LogP contribution in [0.1, 0.15) is 44.5 Å². The maximum Gasteiger partial charge on any atom is 0.255 e. The standard InChI is InChI=1S/C22H19FN6O2/c1-22(31)6-8-28(12-22)18-5-7-29(27-18)17-9-15(26-16-11-25-21(30)20(16)17)19-13(10-24)3-2-4-14(19)23/h2-5,7,9,31H,6,8,11-12H2,1H3,(H,25,30)/t22-/m0/s1/i1D3,8D2,12D2. The highest BCUT2D eigenvalue weighted by Gasteiger charge is 2.33. The van der Waals surface area contributed by atoms with Crippen LogP contribution in [0.25, 0.3) is 16.9 Å². The second kappa shape index (κ2) is 6.89. The van der Waals surface area contributed by atoms with Gasteiger partial charge >= 0.3 is 0 Å². The van der Waals surface area contributed by atoms with Gasteiger partial charge in [-0.3, -0.25) is 4.79 Å². The number of aromatic nitrogens is 3. The van der Waals surface area contributed by atoms with Gasteiger partial charge in [0.05, 0.1) is 54.7 Å². The summed E-state index contributed by atoms with van der Waals surface area (Å²) < 4.78 is 72.2. The quantitative estimate of drug-likeness (QED) is 0.666. The van der Waals surface area contributed by atoms with Gasteiger partial charge in [0.15, 0.2) is 5.82 Å². The molecule has 0 aliphatic carbocycles. The first-order valence-corrected chi connectivity index (χ1v) is 9.22. The fraction of sp³-hybridized carbons (Fsp3) is 0.273. The third-order valence-corrected chi connectivity index (χ3v) is 4.95. The van der Waals surface area contributed by atoms with Gasteiger partial charge in [-0.1, -0.05) is 6.07 Å². The van der Waals surface area contributed by atoms with Gasteiger partial charge in [0, 0.05) is 32.1 Å². The second-order valence-electron chi connectivity index (χ2n) is 7.07. The van der Waals surface area contributed by atoms with Crippen molar-refractivity contribution in [3.63, 3.8) is 0 Å². The Morgan fingerprint density at radius 2 is 2.29 bits per heavy atom. The minimum atomic E-state index is -3.25. The lowest BCUT2D eigenvalue weighted by atomic mass is 10.0. The molecule has 8 nitrogen and oxygen atoms in total. The summed E-state index contributed by atoms with van der Waals surface area (Å²) in [7, 11) is 0. The Morgan fingerprint density at radius 1 is 1.42 bits per heavy atom. The molecule has 31 heavy (non-hydrogen) atoms. The van der Waals surface area contributed by atoms with Crippen LogP contribution in [0.15, 0.2) is 36.5 Å². The summed E-state index contributed by atoms with van der Waals surface area (Å²) >= 11 is 0. The number of nitrogens with zero attached hydrogens (tertiary/aromatic N) is 5. The number of halogens is 1. The Morgan fingerprint density at radius 3 is 3.06 bits per heavy atom. The number of hydrogen-bond donors (Lipinski definition) is 2. The van der Waals surface area contributed by atoms with Crippen LogP contribution in [0.4, 0.5) is 10.2 Å². The number of carbonyl (C=O) groups excluding carboxylic acids is 1. The average molecular weight is 425 g/mol. The number of nitrogens with one attached hydrogen (secondary N) is 1. The van der Waals surface area contributed by atoms with Crippen LogP contribution in [-0.2, 0) is 6.54 Å². The van der Waals surface area contributed by atoms with Crippen LogP contribution in [0, 0.1) is 17.1 Å². The molecule has 1 fully saturated rings. The van der Waals surface area contributed by atoms with Gasteiger partial charge in [-0.25, -0.2) is 14.1 Å². The van der Waals surface area contributed by atoms with Crippen molar-refractivity contribution in [3.05, 3.63) is 59.2 Å². The summed E-state index contributed by atoms with van der Waals surface area (Å²) in [6.45, 7) is -8.98. The molecule has 1 atom stereocenters. The number of nitriles is 1. The summed E-state index contributed by atoms with van der Waals surface area (Å²) in [5.74, 6) is -1.58. The van der Waals surface area contributed by atoms with Crippen LogP contribution in [-0.4, -0.2) is 44.4 Å². The zero-order valence-corrected chi connectivity index (χ0v) is 15.8. The van der Waals surface area contributed by atoms with Crippen molar-refractivity contribution >= 4 is 11.7 Å². The van der Waals surface area contributed by atoms with E-state index in [0.29, 0.717) is 4.90 Å². The van der Waals surface area contributed by atoms with E-state index in [1.807, 2.05) is 6.07 Å². The van der Waals surface area contributed by atoms with Crippen molar-refractivity contribution in [2.75, 3.05) is 17.9 Å². The smallest absolute Gasteiger partial charge is 0.255 e. The minimum Gasteiger partial charge on any atom is -0.388 e. The molecule has 9 heteroatoms. The van der Waals surface area contributed by atoms with Gasteiger partial charge in [-0.15, -0.1) is 0 Å². The highest BCUT2D eigenvalue weighted by Crippen LogP contribution is 2.32. The average Bonchev–Trinajstić information content (AvgIpc) is 3.47. The zero-order chi connectivity index (χ0) is 27.8. The van der Waals surface area contributed by atoms with Crippen molar-refractivity contribution in [3.8, 4) is 23.0 Å². The molecular formula is C22H19FN6O2. The first-order valence-electron chi connectivity index (χ1n) is 12.7. The van der Waals surface area contributed by atoms with Crippen LogP contribution < -0.4 is 10.2 Å². The summed E-state index contributed by atoms with van der Waals surface area (Å²) in [6, 6.07) is 8.36. The zero-order valence-electron chi connectivity index (χ0n) is 22.8. The minimum absolute atomic E-state index is 0.00393. The van der Waals surface area contributed by atoms with E-state index in [1.165, 1.54) is 30.5 Å². The molecule has 1 saturated heterocycles. The van der Waals surface area contributed by atoms with Gasteiger partial charge in [0.25, 0.3) is 5.91 Å². The van der Waals surface area contributed by atoms with E-state index in [1.54, 1.807) is 0 Å². The van der Waals surface area contributed by atoms with Crippen molar-refractivity contribution < 1.29 is 23.9 Å². The molecule has 2 N–H and O–H groups in total. The number of hydrogen-bond acceptors (Lipinski definition) is 6. The van der Waals surface area contributed by atoms with Gasteiger partial charge in [-0.2, -0.15) is 10.4 Å². The Balaban J connectivity index is 1.67. The Hall–Kier alpha value is -3.77. The summed E-state index contributed by atoms with van der Waals surface area (Å²) in [6.07, 6.45) is 0.226. The molecule has 0 saturated carbocycles. The number of β-amino-alcohol motifs (C(OH)–C–C–N with tert-alkyl or cyclic N) is 1. The molecule has 156 valence electrons. The van der Waals surface area contributed by atoms with Crippen LogP contribution in [0.3, 0.4) is 0 Å². The number of anilines is 1. The number of rotatable bonds is 3. The molecule has 1 amide bonds. The number of aliphatic hydroxyl groups is 1. The number of pyridine rings is 1. The molecular weight excluding hydrogens is 399 g/mol. The summed E-state index contributed by atoms with van der Waals surface area (Å²) in [5.41, 5.74) is -2.68. The van der Waals surface area contributed by atoms with E-state index in [2.05, 4.69) is 15.4 Å². The normalized spacial score (nSPS) is 26.9. The summed E-state index contributed by atoms with van der Waals surface area (Å²) in [4.78, 5) is 17.4. The number of fused-ring (bicyclic) bond motifs is 1. The lowest BCUT2D eigenvalue weighted by Crippen LogP contribution is -2.29. The first kappa shape index (κ1) is 12.8. The van der Waals surface area contributed by atoms with Crippen molar-refractivity contribution in [2.24, 2.45) is 0 Å². The highest BCUT2D eigenvalue weighted by molar-refractivity contribution is 6.01. The molecule has 0 bridgehead atoms. The Kier molecular flexibility index (Phi) is 2.85. The molecule has 5 rings (SSSR count). The lowest BCUT2D eigenvalue weighted by Gasteiger charge is -2.18. The highest BCUT2D eigenvalue weighted by atomic mass is 19.1. The monoisotopic (exact) mass is 425 g/mol. The van der Waals surface area contributed by atoms with Gasteiger partial charge < -0.3 is 15.3 Å². The number of amides is 1. The van der Waals surface area contributed by atoms with Crippen molar-refractivity contribution in [1.82, 2.24) is 20.1 Å². The van der Waals surface area contributed by atoms with Crippen molar-refractivity contribution in [2.45, 2.75) is 25.4 Å². The molecule has 0 unspecified atom stereocenters. The van der Waals surface area contributed by atoms with E-state index in [4.69, 9.17) is 9.60 Å². The van der Waals surface area contributed by atoms with Crippen LogP contribution >= 0.6 is 0 Å². The first-order chi connectivity index (χ1) is 17.6. The lowest BCUT2D eigenvalue weighted by molar-refractivity contribution is 0.0838. The maximum absolute atomic E-state index is 14.8. The predicted molar refractivity (Wildman–Crippen MR) is 110 cm³/mol. The molecule has 3 aromatic rings. The summed E-state index contributed by atoms with van der Waals surface area (Å²) in [5, 5.41) is 27.1. The largest absolute Gasteiger partial charge is 0.388 e. The molecule has 0 spiro atoms. The second-order valence-corrected chi connectivity index (χ2v) is 7.07. The molecule has 2 aliphatic heterocycles. The third-order valence-electron chi connectivity index (χ3n) is 4.95. The van der Waals surface area contributed by atoms with E-state index in [-0.39, 0.29) is 46.1 Å². The third kappa shape index (κ3) is 3.21. The molecule has 4 heterocycles. The molecule has 2 aliphatic rings. The predicted octanol–water partition coefficient (Wildman–Crippen LogP) is 2.15. The maximum atomic E-state index is 14.8.